The molecule has 0 aliphatic carbocycles. The van der Waals surface area contributed by atoms with Gasteiger partial charge in [0.1, 0.15) is 0 Å². The van der Waals surface area contributed by atoms with Crippen LogP contribution in [0.15, 0.2) is 29.4 Å². The van der Waals surface area contributed by atoms with E-state index in [-0.39, 0.29) is 42.0 Å². The average Bonchev–Trinajstić information content (AvgIpc) is 2.79. The fraction of sp³-hybridized carbons (Fsp3) is 0.400. The molecule has 0 saturated carbocycles. The van der Waals surface area contributed by atoms with Crippen molar-refractivity contribution in [3.63, 3.8) is 0 Å². The Hall–Kier alpha value is -3.87. The molecule has 1 aromatic carbocycles. The highest BCUT2D eigenvalue weighted by molar-refractivity contribution is 6.47. The number of nitrogens with zero attached hydrogens (tertiary/aromatic N) is 3. The number of carbonyl (C=O) groups excluding carboxylic acids is 5. The minimum absolute atomic E-state index is 0.0266. The van der Waals surface area contributed by atoms with Crippen molar-refractivity contribution in [3.05, 3.63) is 34.9 Å². The van der Waals surface area contributed by atoms with E-state index in [4.69, 9.17) is 30.5 Å². The van der Waals surface area contributed by atoms with Crippen molar-refractivity contribution in [2.75, 3.05) is 26.4 Å². The summed E-state index contributed by atoms with van der Waals surface area (Å²) < 4.78 is 19.3. The summed E-state index contributed by atoms with van der Waals surface area (Å²) in [6.45, 7) is 5.26. The number of amides is 4. The monoisotopic (exact) mass is 500 g/mol. The van der Waals surface area contributed by atoms with Crippen molar-refractivity contribution < 1.29 is 42.9 Å². The predicted molar refractivity (Wildman–Crippen MR) is 118 cm³/mol. The minimum atomic E-state index is -1.37. The molecule has 0 heterocycles. The first-order valence-electron chi connectivity index (χ1n) is 10.1. The molecule has 0 unspecified atom stereocenters. The van der Waals surface area contributed by atoms with Gasteiger partial charge in [0.05, 0.1) is 26.4 Å². The van der Waals surface area contributed by atoms with Crippen molar-refractivity contribution in [2.45, 2.75) is 27.7 Å². The Morgan fingerprint density at radius 2 is 1.21 bits per heavy atom. The Balaban J connectivity index is 3.71. The molecule has 1 aromatic rings. The number of ketones is 1. The van der Waals surface area contributed by atoms with Crippen LogP contribution >= 0.6 is 11.6 Å². The van der Waals surface area contributed by atoms with Gasteiger partial charge in [-0.2, -0.15) is 0 Å². The number of nitrogens with one attached hydrogen (secondary N) is 1. The maximum Gasteiger partial charge on any atom is 0.439 e. The third-order valence-electron chi connectivity index (χ3n) is 3.56. The number of hydrogen-bond acceptors (Lipinski definition) is 10. The summed E-state index contributed by atoms with van der Waals surface area (Å²) in [6, 6.07) is 5.36. The molecule has 0 spiro atoms. The van der Waals surface area contributed by atoms with Crippen LogP contribution in [0.5, 0.6) is 0 Å². The number of rotatable bonds is 7. The van der Waals surface area contributed by atoms with Crippen LogP contribution in [0.2, 0.25) is 5.02 Å². The smallest absolute Gasteiger partial charge is 0.439 e. The fourth-order valence-electron chi connectivity index (χ4n) is 2.24. The first kappa shape index (κ1) is 28.2. The summed E-state index contributed by atoms with van der Waals surface area (Å²) in [7, 11) is 0. The van der Waals surface area contributed by atoms with Gasteiger partial charge in [-0.3, -0.25) is 4.79 Å². The van der Waals surface area contributed by atoms with Crippen LogP contribution in [0.1, 0.15) is 38.1 Å². The standard InChI is InChI=1S/C20H25ClN4O9/c1-5-31-17(27)23-22-16(15(26)13-9-11-14(21)12-10-13)24(18(28)32-6-2)25(19(29)33-7-3)20(30)34-8-4/h9-12H,5-8H2,1-4H3,(H,23,27)/b22-16+. The maximum atomic E-state index is 13.3. The number of imide groups is 1. The first-order chi connectivity index (χ1) is 16.2. The molecule has 0 aromatic heterocycles. The highest BCUT2D eigenvalue weighted by Crippen LogP contribution is 2.15. The number of Topliss-reactive ketones (excluding diaryl/α,β-unsaturated/α-hetero) is 1. The molecule has 0 fully saturated rings. The van der Waals surface area contributed by atoms with E-state index >= 15 is 0 Å². The summed E-state index contributed by atoms with van der Waals surface area (Å²) in [5.41, 5.74) is 1.86. The van der Waals surface area contributed by atoms with Gasteiger partial charge in [-0.1, -0.05) is 11.6 Å². The van der Waals surface area contributed by atoms with E-state index in [0.29, 0.717) is 5.02 Å². The van der Waals surface area contributed by atoms with Crippen molar-refractivity contribution in [2.24, 2.45) is 5.10 Å². The molecule has 14 heteroatoms. The third kappa shape index (κ3) is 7.92. The van der Waals surface area contributed by atoms with Crippen LogP contribution < -0.4 is 5.43 Å². The molecule has 0 saturated heterocycles. The van der Waals surface area contributed by atoms with Gasteiger partial charge in [-0.15, -0.1) is 15.1 Å². The number of amidine groups is 1. The van der Waals surface area contributed by atoms with Gasteiger partial charge >= 0.3 is 24.4 Å². The molecule has 4 amide bonds. The summed E-state index contributed by atoms with van der Waals surface area (Å²) >= 11 is 5.86. The predicted octanol–water partition coefficient (Wildman–Crippen LogP) is 3.57. The lowest BCUT2D eigenvalue weighted by Crippen LogP contribution is -2.58. The summed E-state index contributed by atoms with van der Waals surface area (Å²) in [5.74, 6) is -1.91. The van der Waals surface area contributed by atoms with E-state index in [1.165, 1.54) is 52.0 Å². The molecule has 1 N–H and O–H groups in total. The zero-order valence-corrected chi connectivity index (χ0v) is 19.8. The van der Waals surface area contributed by atoms with E-state index in [9.17, 15) is 24.0 Å². The van der Waals surface area contributed by atoms with E-state index in [2.05, 4.69) is 5.10 Å². The number of hydrazine groups is 1. The Bertz CT molecular complexity index is 903. The van der Waals surface area contributed by atoms with Crippen LogP contribution in [0.25, 0.3) is 0 Å². The highest BCUT2D eigenvalue weighted by atomic mass is 35.5. The molecule has 0 bridgehead atoms. The second-order valence-corrected chi connectivity index (χ2v) is 6.26. The third-order valence-corrected chi connectivity index (χ3v) is 3.81. The second kappa shape index (κ2) is 14.3. The van der Waals surface area contributed by atoms with Gasteiger partial charge in [0.15, 0.2) is 0 Å². The van der Waals surface area contributed by atoms with Crippen molar-refractivity contribution in [3.8, 4) is 0 Å². The van der Waals surface area contributed by atoms with E-state index in [0.717, 1.165) is 0 Å². The summed E-state index contributed by atoms with van der Waals surface area (Å²) in [4.78, 5) is 63.2. The lowest BCUT2D eigenvalue weighted by atomic mass is 10.1. The normalized spacial score (nSPS) is 10.6. The quantitative estimate of drug-likeness (QED) is 0.194. The van der Waals surface area contributed by atoms with Gasteiger partial charge in [-0.05, 0) is 52.0 Å². The molecular formula is C20H25ClN4O9. The number of benzene rings is 1. The second-order valence-electron chi connectivity index (χ2n) is 5.82. The van der Waals surface area contributed by atoms with Crippen molar-refractivity contribution in [1.82, 2.24) is 15.4 Å². The lowest BCUT2D eigenvalue weighted by molar-refractivity contribution is 0.0118. The van der Waals surface area contributed by atoms with Crippen molar-refractivity contribution in [1.29, 1.82) is 0 Å². The Morgan fingerprint density at radius 3 is 1.65 bits per heavy atom. The Kier molecular flexibility index (Phi) is 11.9. The van der Waals surface area contributed by atoms with Gasteiger partial charge in [0.2, 0.25) is 11.6 Å². The first-order valence-corrected chi connectivity index (χ1v) is 10.5. The van der Waals surface area contributed by atoms with Crippen LogP contribution in [0, 0.1) is 0 Å². The lowest BCUT2D eigenvalue weighted by Gasteiger charge is -2.30. The zero-order chi connectivity index (χ0) is 25.7. The topological polar surface area (TPSA) is 153 Å². The molecule has 34 heavy (non-hydrogen) atoms. The summed E-state index contributed by atoms with van der Waals surface area (Å²) in [5, 5.41) is 4.22. The van der Waals surface area contributed by atoms with Crippen molar-refractivity contribution >= 4 is 47.6 Å². The van der Waals surface area contributed by atoms with Gasteiger partial charge in [0.25, 0.3) is 0 Å². The number of ether oxygens (including phenoxy) is 4. The average molecular weight is 501 g/mol. The molecular weight excluding hydrogens is 476 g/mol. The highest BCUT2D eigenvalue weighted by Gasteiger charge is 2.42. The van der Waals surface area contributed by atoms with E-state index in [1.54, 1.807) is 0 Å². The molecule has 0 radical (unpaired) electrons. The fourth-order valence-corrected chi connectivity index (χ4v) is 2.37. The van der Waals surface area contributed by atoms with Gasteiger partial charge < -0.3 is 18.9 Å². The molecule has 13 nitrogen and oxygen atoms in total. The maximum absolute atomic E-state index is 13.3. The van der Waals surface area contributed by atoms with Crippen LogP contribution in [-0.4, -0.2) is 72.4 Å². The Labute approximate surface area is 200 Å². The number of carbonyl (C=O) groups is 5. The number of hydrogen-bond donors (Lipinski definition) is 1. The number of hydrazone groups is 1. The van der Waals surface area contributed by atoms with Crippen LogP contribution in [0.4, 0.5) is 19.2 Å². The van der Waals surface area contributed by atoms with E-state index < -0.39 is 36.0 Å². The Morgan fingerprint density at radius 1 is 0.765 bits per heavy atom. The molecule has 0 aliphatic heterocycles. The van der Waals surface area contributed by atoms with Gasteiger partial charge in [-0.25, -0.2) is 24.6 Å². The van der Waals surface area contributed by atoms with Crippen LogP contribution in [-0.2, 0) is 18.9 Å². The molecule has 186 valence electrons. The number of halogens is 1. The largest absolute Gasteiger partial charge is 0.449 e. The zero-order valence-electron chi connectivity index (χ0n) is 19.0. The SMILES string of the molecule is CCOC(=O)N/N=C(\C(=O)c1ccc(Cl)cc1)N(C(=O)OCC)N(C(=O)OCC)C(=O)OCC. The molecule has 0 atom stereocenters. The molecule has 1 rings (SSSR count). The van der Waals surface area contributed by atoms with Crippen LogP contribution in [0.3, 0.4) is 0 Å². The molecule has 0 aliphatic rings. The summed E-state index contributed by atoms with van der Waals surface area (Å²) in [6.07, 6.45) is -5.19. The minimum Gasteiger partial charge on any atom is -0.449 e. The van der Waals surface area contributed by atoms with Gasteiger partial charge in [0, 0.05) is 10.6 Å². The van der Waals surface area contributed by atoms with E-state index in [1.807, 2.05) is 5.43 Å².